The van der Waals surface area contributed by atoms with Crippen LogP contribution < -0.4 is 5.32 Å². The summed E-state index contributed by atoms with van der Waals surface area (Å²) in [5.41, 5.74) is 1.09. The van der Waals surface area contributed by atoms with Crippen molar-refractivity contribution in [1.82, 2.24) is 5.32 Å². The van der Waals surface area contributed by atoms with Crippen LogP contribution in [0.25, 0.3) is 0 Å². The zero-order valence-electron chi connectivity index (χ0n) is 12.6. The second-order valence-corrected chi connectivity index (χ2v) is 8.05. The average Bonchev–Trinajstić information content (AvgIpc) is 2.47. The van der Waals surface area contributed by atoms with Gasteiger partial charge in [0.25, 0.3) is 0 Å². The maximum absolute atomic E-state index is 12.9. The first kappa shape index (κ1) is 15.5. The van der Waals surface area contributed by atoms with Crippen LogP contribution >= 0.6 is 0 Å². The van der Waals surface area contributed by atoms with Gasteiger partial charge in [0.05, 0.1) is 10.1 Å². The lowest BCUT2D eigenvalue weighted by Gasteiger charge is -2.35. The molecule has 4 heteroatoms. The molecule has 1 aliphatic carbocycles. The molecule has 112 valence electrons. The van der Waals surface area contributed by atoms with Gasteiger partial charge in [-0.25, -0.2) is 8.42 Å². The monoisotopic (exact) mass is 295 g/mol. The van der Waals surface area contributed by atoms with Crippen molar-refractivity contribution in [2.75, 3.05) is 7.05 Å². The van der Waals surface area contributed by atoms with Crippen molar-refractivity contribution in [3.05, 3.63) is 29.8 Å². The molecular weight excluding hydrogens is 270 g/mol. The summed E-state index contributed by atoms with van der Waals surface area (Å²) < 4.78 is 25.8. The minimum absolute atomic E-state index is 0.0732. The topological polar surface area (TPSA) is 46.2 Å². The highest BCUT2D eigenvalue weighted by Crippen LogP contribution is 2.33. The third-order valence-corrected chi connectivity index (χ3v) is 6.84. The van der Waals surface area contributed by atoms with Gasteiger partial charge in [-0.1, -0.05) is 31.0 Å². The van der Waals surface area contributed by atoms with E-state index in [4.69, 9.17) is 0 Å². The van der Waals surface area contributed by atoms with Gasteiger partial charge >= 0.3 is 0 Å². The molecule has 0 radical (unpaired) electrons. The Balaban J connectivity index is 2.32. The van der Waals surface area contributed by atoms with E-state index in [1.54, 1.807) is 12.1 Å². The third-order valence-electron chi connectivity index (χ3n) is 4.60. The molecule has 3 unspecified atom stereocenters. The van der Waals surface area contributed by atoms with Crippen LogP contribution in [-0.2, 0) is 9.84 Å². The van der Waals surface area contributed by atoms with Crippen molar-refractivity contribution in [3.8, 4) is 0 Å². The van der Waals surface area contributed by atoms with Crippen molar-refractivity contribution >= 4 is 9.84 Å². The lowest BCUT2D eigenvalue weighted by Crippen LogP contribution is -2.46. The molecule has 1 aromatic carbocycles. The molecular formula is C16H25NO2S. The fourth-order valence-corrected chi connectivity index (χ4v) is 5.25. The molecule has 0 aromatic heterocycles. The Morgan fingerprint density at radius 2 is 1.85 bits per heavy atom. The molecule has 0 saturated heterocycles. The van der Waals surface area contributed by atoms with E-state index in [9.17, 15) is 8.42 Å². The van der Waals surface area contributed by atoms with E-state index in [1.165, 1.54) is 0 Å². The van der Waals surface area contributed by atoms with Crippen molar-refractivity contribution in [2.45, 2.75) is 55.7 Å². The third kappa shape index (κ3) is 3.07. The van der Waals surface area contributed by atoms with E-state index in [2.05, 4.69) is 12.2 Å². The molecule has 0 bridgehead atoms. The highest BCUT2D eigenvalue weighted by atomic mass is 32.2. The number of nitrogens with one attached hydrogen (secondary N) is 1. The molecule has 3 atom stereocenters. The van der Waals surface area contributed by atoms with Crippen LogP contribution in [0.2, 0.25) is 0 Å². The van der Waals surface area contributed by atoms with Crippen LogP contribution in [0.1, 0.15) is 38.2 Å². The van der Waals surface area contributed by atoms with Gasteiger partial charge in [0, 0.05) is 6.04 Å². The highest BCUT2D eigenvalue weighted by molar-refractivity contribution is 7.92. The Hall–Kier alpha value is -0.870. The van der Waals surface area contributed by atoms with Gasteiger partial charge in [-0.05, 0) is 51.3 Å². The normalized spacial score (nSPS) is 27.4. The largest absolute Gasteiger partial charge is 0.316 e. The highest BCUT2D eigenvalue weighted by Gasteiger charge is 2.38. The molecule has 1 saturated carbocycles. The van der Waals surface area contributed by atoms with Gasteiger partial charge in [-0.2, -0.15) is 0 Å². The quantitative estimate of drug-likeness (QED) is 0.929. The summed E-state index contributed by atoms with van der Waals surface area (Å²) in [7, 11) is -1.38. The van der Waals surface area contributed by atoms with Crippen LogP contribution in [0.3, 0.4) is 0 Å². The molecule has 1 aliphatic rings. The van der Waals surface area contributed by atoms with E-state index in [1.807, 2.05) is 26.1 Å². The van der Waals surface area contributed by atoms with Crippen molar-refractivity contribution in [3.63, 3.8) is 0 Å². The Labute approximate surface area is 122 Å². The van der Waals surface area contributed by atoms with E-state index in [0.717, 1.165) is 31.2 Å². The standard InChI is InChI=1S/C16H25NO2S/c1-4-13-7-10-15(17-3)16(11-13)20(18,19)14-8-5-12(2)6-9-14/h5-6,8-9,13,15-17H,4,7,10-11H2,1-3H3. The molecule has 0 heterocycles. The summed E-state index contributed by atoms with van der Waals surface area (Å²) in [4.78, 5) is 0.463. The number of sulfone groups is 1. The second-order valence-electron chi connectivity index (χ2n) is 5.88. The smallest absolute Gasteiger partial charge is 0.182 e. The zero-order valence-corrected chi connectivity index (χ0v) is 13.4. The summed E-state index contributed by atoms with van der Waals surface area (Å²) in [6.45, 7) is 4.13. The van der Waals surface area contributed by atoms with Crippen LogP contribution in [0.4, 0.5) is 0 Å². The van der Waals surface area contributed by atoms with Gasteiger partial charge in [0.1, 0.15) is 0 Å². The maximum atomic E-state index is 12.9. The summed E-state index contributed by atoms with van der Waals surface area (Å²) in [5, 5.41) is 2.91. The molecule has 3 nitrogen and oxygen atoms in total. The first-order chi connectivity index (χ1) is 9.48. The van der Waals surface area contributed by atoms with Crippen LogP contribution in [0, 0.1) is 12.8 Å². The molecule has 1 fully saturated rings. The lowest BCUT2D eigenvalue weighted by atomic mass is 9.84. The summed E-state index contributed by atoms with van der Waals surface area (Å²) in [6.07, 6.45) is 3.92. The first-order valence-corrected chi connectivity index (χ1v) is 9.01. The molecule has 2 rings (SSSR count). The van der Waals surface area contributed by atoms with E-state index in [-0.39, 0.29) is 11.3 Å². The first-order valence-electron chi connectivity index (χ1n) is 7.46. The van der Waals surface area contributed by atoms with Gasteiger partial charge in [0.15, 0.2) is 9.84 Å². The van der Waals surface area contributed by atoms with Crippen LogP contribution in [0.5, 0.6) is 0 Å². The SMILES string of the molecule is CCC1CCC(NC)C(S(=O)(=O)c2ccc(C)cc2)C1. The predicted octanol–water partition coefficient (Wildman–Crippen LogP) is 2.94. The second kappa shape index (κ2) is 6.27. The van der Waals surface area contributed by atoms with E-state index < -0.39 is 9.84 Å². The Kier molecular flexibility index (Phi) is 4.86. The van der Waals surface area contributed by atoms with Gasteiger partial charge in [-0.3, -0.25) is 0 Å². The summed E-state index contributed by atoms with van der Waals surface area (Å²) in [6, 6.07) is 7.31. The number of hydrogen-bond donors (Lipinski definition) is 1. The number of benzene rings is 1. The summed E-state index contributed by atoms with van der Waals surface area (Å²) in [5.74, 6) is 0.532. The summed E-state index contributed by atoms with van der Waals surface area (Å²) >= 11 is 0. The Bertz CT molecular complexity index is 536. The molecule has 1 aromatic rings. The van der Waals surface area contributed by atoms with Gasteiger partial charge < -0.3 is 5.32 Å². The average molecular weight is 295 g/mol. The molecule has 20 heavy (non-hydrogen) atoms. The van der Waals surface area contributed by atoms with E-state index in [0.29, 0.717) is 10.8 Å². The van der Waals surface area contributed by atoms with Crippen LogP contribution in [-0.4, -0.2) is 26.8 Å². The minimum atomic E-state index is -3.25. The zero-order chi connectivity index (χ0) is 14.8. The molecule has 0 amide bonds. The van der Waals surface area contributed by atoms with E-state index >= 15 is 0 Å². The lowest BCUT2D eigenvalue weighted by molar-refractivity contribution is 0.296. The van der Waals surface area contributed by atoms with Crippen molar-refractivity contribution in [1.29, 1.82) is 0 Å². The van der Waals surface area contributed by atoms with Gasteiger partial charge in [-0.15, -0.1) is 0 Å². The Morgan fingerprint density at radius 1 is 1.20 bits per heavy atom. The van der Waals surface area contributed by atoms with Crippen LogP contribution in [0.15, 0.2) is 29.2 Å². The minimum Gasteiger partial charge on any atom is -0.316 e. The molecule has 0 aliphatic heterocycles. The number of aryl methyl sites for hydroxylation is 1. The fraction of sp³-hybridized carbons (Fsp3) is 0.625. The predicted molar refractivity (Wildman–Crippen MR) is 82.6 cm³/mol. The van der Waals surface area contributed by atoms with Gasteiger partial charge in [0.2, 0.25) is 0 Å². The molecule has 0 spiro atoms. The Morgan fingerprint density at radius 3 is 2.40 bits per heavy atom. The molecule has 1 N–H and O–H groups in total. The number of rotatable bonds is 4. The maximum Gasteiger partial charge on any atom is 0.182 e. The fourth-order valence-electron chi connectivity index (χ4n) is 3.16. The van der Waals surface area contributed by atoms with Crippen molar-refractivity contribution < 1.29 is 8.42 Å². The van der Waals surface area contributed by atoms with Crippen molar-refractivity contribution in [2.24, 2.45) is 5.92 Å². The number of hydrogen-bond acceptors (Lipinski definition) is 3.